The summed E-state index contributed by atoms with van der Waals surface area (Å²) in [5, 5.41) is 8.58. The normalized spacial score (nSPS) is 16.2. The molecule has 0 atom stereocenters. The number of rotatable bonds is 4. The van der Waals surface area contributed by atoms with Crippen LogP contribution in [0.15, 0.2) is 29.2 Å². The Morgan fingerprint density at radius 1 is 1.12 bits per heavy atom. The molecule has 5 heterocycles. The average molecular weight is 370 g/mol. The minimum Gasteiger partial charge on any atom is -0.321 e. The van der Waals surface area contributed by atoms with Crippen LogP contribution in [0.3, 0.4) is 0 Å². The fourth-order valence-electron chi connectivity index (χ4n) is 3.71. The molecule has 0 saturated carbocycles. The quantitative estimate of drug-likeness (QED) is 0.587. The molecule has 4 aromatic heterocycles. The third-order valence-electron chi connectivity index (χ3n) is 5.02. The monoisotopic (exact) mass is 369 g/mol. The van der Waals surface area contributed by atoms with Crippen molar-refractivity contribution in [1.82, 2.24) is 24.8 Å². The summed E-state index contributed by atoms with van der Waals surface area (Å²) in [4.78, 5) is 14.0. The lowest BCUT2D eigenvalue weighted by Crippen LogP contribution is -2.28. The van der Waals surface area contributed by atoms with Crippen molar-refractivity contribution < 1.29 is 0 Å². The van der Waals surface area contributed by atoms with Crippen molar-refractivity contribution >= 4 is 43.9 Å². The maximum absolute atomic E-state index is 4.89. The van der Waals surface area contributed by atoms with E-state index < -0.39 is 0 Å². The van der Waals surface area contributed by atoms with Crippen molar-refractivity contribution in [3.63, 3.8) is 0 Å². The number of hydrogen-bond acceptors (Lipinski definition) is 6. The number of nitrogens with one attached hydrogen (secondary N) is 1. The average Bonchev–Trinajstić information content (AvgIpc) is 3.38. The molecule has 0 radical (unpaired) electrons. The molecule has 0 spiro atoms. The Bertz CT molecular complexity index is 995. The van der Waals surface area contributed by atoms with E-state index in [2.05, 4.69) is 31.3 Å². The zero-order chi connectivity index (χ0) is 16.6. The first kappa shape index (κ1) is 15.4. The molecule has 1 fully saturated rings. The minimum atomic E-state index is 0.795. The van der Waals surface area contributed by atoms with Crippen LogP contribution in [-0.4, -0.2) is 32.6 Å². The van der Waals surface area contributed by atoms with Gasteiger partial charge in [-0.3, -0.25) is 4.98 Å². The van der Waals surface area contributed by atoms with Crippen LogP contribution in [0.25, 0.3) is 32.1 Å². The second kappa shape index (κ2) is 6.48. The molecular weight excluding hydrogens is 350 g/mol. The summed E-state index contributed by atoms with van der Waals surface area (Å²) in [6.07, 6.45) is 7.50. The van der Waals surface area contributed by atoms with Crippen molar-refractivity contribution in [2.45, 2.75) is 25.8 Å². The smallest absolute Gasteiger partial charge is 0.170 e. The molecule has 7 heteroatoms. The topological polar surface area (TPSA) is 55.6 Å². The number of piperidine rings is 1. The van der Waals surface area contributed by atoms with Crippen molar-refractivity contribution in [2.75, 3.05) is 13.1 Å². The molecule has 1 aliphatic rings. The highest BCUT2D eigenvalue weighted by atomic mass is 32.1. The molecule has 0 bridgehead atoms. The Morgan fingerprint density at radius 2 is 2.04 bits per heavy atom. The fraction of sp³-hybridized carbons (Fsp3) is 0.389. The second-order valence-electron chi connectivity index (χ2n) is 6.53. The number of imidazole rings is 1. The maximum Gasteiger partial charge on any atom is 0.170 e. The van der Waals surface area contributed by atoms with Crippen LogP contribution in [-0.2, 0) is 6.54 Å². The molecular formula is C18H19N5S2. The van der Waals surface area contributed by atoms with E-state index in [0.717, 1.165) is 47.4 Å². The van der Waals surface area contributed by atoms with Crippen molar-refractivity contribution in [1.29, 1.82) is 0 Å². The van der Waals surface area contributed by atoms with Crippen LogP contribution in [0.1, 0.15) is 19.3 Å². The van der Waals surface area contributed by atoms with Gasteiger partial charge in [-0.2, -0.15) is 0 Å². The lowest BCUT2D eigenvalue weighted by molar-refractivity contribution is 0.340. The largest absolute Gasteiger partial charge is 0.321 e. The van der Waals surface area contributed by atoms with E-state index in [-0.39, 0.29) is 0 Å². The number of nitrogens with zero attached hydrogens (tertiary/aromatic N) is 4. The highest BCUT2D eigenvalue weighted by molar-refractivity contribution is 7.18. The van der Waals surface area contributed by atoms with Gasteiger partial charge in [0, 0.05) is 18.1 Å². The number of aromatic nitrogens is 4. The standard InChI is InChI=1S/C18H19N5S2/c1-5-19-6-2-12(1)3-8-23-15-14(11-21-13-4-9-24-16(13)15)22-17(23)18-20-7-10-25-18/h4,7,9-12,19H,1-3,5-6,8H2. The van der Waals surface area contributed by atoms with Crippen LogP contribution < -0.4 is 5.32 Å². The van der Waals surface area contributed by atoms with Gasteiger partial charge in [-0.1, -0.05) is 0 Å². The molecule has 0 aromatic carbocycles. The van der Waals surface area contributed by atoms with Gasteiger partial charge in [0.2, 0.25) is 0 Å². The highest BCUT2D eigenvalue weighted by Crippen LogP contribution is 2.33. The Kier molecular flexibility index (Phi) is 4.00. The van der Waals surface area contributed by atoms with Gasteiger partial charge in [0.25, 0.3) is 0 Å². The first-order valence-corrected chi connectivity index (χ1v) is 10.5. The summed E-state index contributed by atoms with van der Waals surface area (Å²) >= 11 is 3.41. The summed E-state index contributed by atoms with van der Waals surface area (Å²) in [5.41, 5.74) is 3.26. The fourth-order valence-corrected chi connectivity index (χ4v) is 5.24. The van der Waals surface area contributed by atoms with Crippen molar-refractivity contribution in [3.8, 4) is 10.8 Å². The molecule has 0 aliphatic carbocycles. The predicted molar refractivity (Wildman–Crippen MR) is 104 cm³/mol. The third-order valence-corrected chi connectivity index (χ3v) is 6.70. The van der Waals surface area contributed by atoms with Gasteiger partial charge in [-0.15, -0.1) is 22.7 Å². The molecule has 0 unspecified atom stereocenters. The molecule has 1 aliphatic heterocycles. The molecule has 1 saturated heterocycles. The Hall–Kier alpha value is -1.83. The van der Waals surface area contributed by atoms with Gasteiger partial charge in [0.1, 0.15) is 5.52 Å². The van der Waals surface area contributed by atoms with Crippen LogP contribution >= 0.6 is 22.7 Å². The van der Waals surface area contributed by atoms with Gasteiger partial charge in [0.05, 0.1) is 21.9 Å². The third kappa shape index (κ3) is 2.76. The van der Waals surface area contributed by atoms with Crippen molar-refractivity contribution in [2.24, 2.45) is 5.92 Å². The summed E-state index contributed by atoms with van der Waals surface area (Å²) in [6.45, 7) is 3.29. The van der Waals surface area contributed by atoms with Gasteiger partial charge in [-0.05, 0) is 49.7 Å². The highest BCUT2D eigenvalue weighted by Gasteiger charge is 2.20. The van der Waals surface area contributed by atoms with E-state index in [9.17, 15) is 0 Å². The number of hydrogen-bond donors (Lipinski definition) is 1. The Labute approximate surface area is 153 Å². The Balaban J connectivity index is 1.62. The summed E-state index contributed by atoms with van der Waals surface area (Å²) in [5.74, 6) is 1.78. The zero-order valence-corrected chi connectivity index (χ0v) is 15.4. The molecule has 1 N–H and O–H groups in total. The van der Waals surface area contributed by atoms with Gasteiger partial charge in [0.15, 0.2) is 10.8 Å². The van der Waals surface area contributed by atoms with Gasteiger partial charge < -0.3 is 9.88 Å². The maximum atomic E-state index is 4.89. The number of thiophene rings is 1. The van der Waals surface area contributed by atoms with Crippen molar-refractivity contribution in [3.05, 3.63) is 29.2 Å². The lowest BCUT2D eigenvalue weighted by Gasteiger charge is -2.23. The second-order valence-corrected chi connectivity index (χ2v) is 8.34. The number of thiazole rings is 1. The first-order chi connectivity index (χ1) is 12.4. The molecule has 5 nitrogen and oxygen atoms in total. The number of pyridine rings is 1. The summed E-state index contributed by atoms with van der Waals surface area (Å²) in [6, 6.07) is 2.09. The first-order valence-electron chi connectivity index (χ1n) is 8.73. The summed E-state index contributed by atoms with van der Waals surface area (Å²) in [7, 11) is 0. The number of fused-ring (bicyclic) bond motifs is 3. The summed E-state index contributed by atoms with van der Waals surface area (Å²) < 4.78 is 3.62. The lowest BCUT2D eigenvalue weighted by atomic mass is 9.95. The van der Waals surface area contributed by atoms with E-state index in [1.165, 1.54) is 29.5 Å². The van der Waals surface area contributed by atoms with Crippen LogP contribution in [0.2, 0.25) is 0 Å². The number of aryl methyl sites for hydroxylation is 1. The molecule has 4 aromatic rings. The predicted octanol–water partition coefficient (Wildman–Crippen LogP) is 4.16. The van der Waals surface area contributed by atoms with Gasteiger partial charge >= 0.3 is 0 Å². The molecule has 128 valence electrons. The molecule has 5 rings (SSSR count). The molecule has 0 amide bonds. The van der Waals surface area contributed by atoms with E-state index in [1.54, 1.807) is 22.7 Å². The van der Waals surface area contributed by atoms with E-state index >= 15 is 0 Å². The SMILES string of the molecule is c1csc(-c2nc3cnc4ccsc4c3n2CCC2CCNCC2)n1. The van der Waals surface area contributed by atoms with Crippen LogP contribution in [0.4, 0.5) is 0 Å². The zero-order valence-electron chi connectivity index (χ0n) is 13.8. The van der Waals surface area contributed by atoms with Crippen LogP contribution in [0, 0.1) is 5.92 Å². The van der Waals surface area contributed by atoms with E-state index in [1.807, 2.05) is 17.8 Å². The molecule has 25 heavy (non-hydrogen) atoms. The van der Waals surface area contributed by atoms with Crippen LogP contribution in [0.5, 0.6) is 0 Å². The van der Waals surface area contributed by atoms with E-state index in [0.29, 0.717) is 0 Å². The Morgan fingerprint density at radius 3 is 2.88 bits per heavy atom. The van der Waals surface area contributed by atoms with Gasteiger partial charge in [-0.25, -0.2) is 9.97 Å². The van der Waals surface area contributed by atoms with E-state index in [4.69, 9.17) is 4.98 Å². The minimum absolute atomic E-state index is 0.795.